The van der Waals surface area contributed by atoms with Crippen LogP contribution in [0.5, 0.6) is 0 Å². The van der Waals surface area contributed by atoms with Crippen molar-refractivity contribution in [2.24, 2.45) is 45.3 Å². The fourth-order valence-corrected chi connectivity index (χ4v) is 8.95. The van der Waals surface area contributed by atoms with Crippen LogP contribution in [0.4, 0.5) is 0 Å². The molecule has 8 nitrogen and oxygen atoms in total. The van der Waals surface area contributed by atoms with Gasteiger partial charge in [-0.05, 0) is 43.1 Å². The first kappa shape index (κ1) is 28.8. The third-order valence-corrected chi connectivity index (χ3v) is 11.5. The predicted octanol–water partition coefficient (Wildman–Crippen LogP) is 3.31. The minimum atomic E-state index is -1.51. The van der Waals surface area contributed by atoms with Crippen LogP contribution in [0.2, 0.25) is 0 Å². The van der Waals surface area contributed by atoms with Crippen molar-refractivity contribution < 1.29 is 39.3 Å². The summed E-state index contributed by atoms with van der Waals surface area (Å²) in [6.07, 6.45) is -1.71. The Bertz CT molecular complexity index is 1150. The van der Waals surface area contributed by atoms with Crippen LogP contribution >= 0.6 is 0 Å². The number of rotatable bonds is 6. The number of fused-ring (bicyclic) bond motifs is 4. The van der Waals surface area contributed by atoms with Crippen molar-refractivity contribution in [3.8, 4) is 0 Å². The number of carboxylic acid groups (broad SMARTS) is 1. The van der Waals surface area contributed by atoms with Crippen LogP contribution in [0.3, 0.4) is 0 Å². The van der Waals surface area contributed by atoms with Gasteiger partial charge in [-0.15, -0.1) is 0 Å². The Morgan fingerprint density at radius 1 is 0.974 bits per heavy atom. The van der Waals surface area contributed by atoms with Crippen molar-refractivity contribution in [1.29, 1.82) is 0 Å². The number of hydrogen-bond acceptors (Lipinski definition) is 7. The first-order valence-electron chi connectivity index (χ1n) is 13.8. The quantitative estimate of drug-likeness (QED) is 0.474. The van der Waals surface area contributed by atoms with E-state index in [1.165, 1.54) is 6.92 Å². The Morgan fingerprint density at radius 2 is 1.58 bits per heavy atom. The molecular formula is C30H42O8. The molecule has 0 spiro atoms. The monoisotopic (exact) mass is 530 g/mol. The number of carbonyl (C=O) groups is 5. The maximum atomic E-state index is 14.1. The molecule has 0 aromatic rings. The number of aliphatic hydroxyl groups excluding tert-OH is 2. The van der Waals surface area contributed by atoms with Gasteiger partial charge in [0.1, 0.15) is 23.5 Å². The van der Waals surface area contributed by atoms with Gasteiger partial charge < -0.3 is 15.3 Å². The number of carbonyl (C=O) groups excluding carboxylic acids is 4. The molecule has 0 aromatic carbocycles. The molecule has 0 heterocycles. The Balaban J connectivity index is 1.80. The molecule has 4 rings (SSSR count). The van der Waals surface area contributed by atoms with Gasteiger partial charge in [-0.25, -0.2) is 0 Å². The van der Waals surface area contributed by atoms with E-state index in [-0.39, 0.29) is 61.3 Å². The third kappa shape index (κ3) is 3.58. The van der Waals surface area contributed by atoms with Gasteiger partial charge in [0.2, 0.25) is 0 Å². The molecule has 8 heteroatoms. The van der Waals surface area contributed by atoms with Gasteiger partial charge in [-0.3, -0.25) is 24.0 Å². The van der Waals surface area contributed by atoms with Gasteiger partial charge in [-0.2, -0.15) is 0 Å². The van der Waals surface area contributed by atoms with Gasteiger partial charge in [0.05, 0.1) is 17.4 Å². The second-order valence-electron chi connectivity index (χ2n) is 13.7. The summed E-state index contributed by atoms with van der Waals surface area (Å²) in [7, 11) is 0. The van der Waals surface area contributed by atoms with E-state index in [9.17, 15) is 39.3 Å². The highest BCUT2D eigenvalue weighted by Crippen LogP contribution is 2.70. The van der Waals surface area contributed by atoms with E-state index in [0.717, 1.165) is 0 Å². The summed E-state index contributed by atoms with van der Waals surface area (Å²) in [4.78, 5) is 64.8. The molecule has 210 valence electrons. The molecule has 2 fully saturated rings. The molecule has 4 aliphatic rings. The normalized spacial score (nSPS) is 41.8. The van der Waals surface area contributed by atoms with Crippen molar-refractivity contribution in [2.45, 2.75) is 99.2 Å². The molecule has 0 aliphatic heterocycles. The molecule has 9 atom stereocenters. The summed E-state index contributed by atoms with van der Waals surface area (Å²) in [6.45, 7) is 12.4. The van der Waals surface area contributed by atoms with Gasteiger partial charge >= 0.3 is 5.97 Å². The average Bonchev–Trinajstić information content (AvgIpc) is 3.03. The minimum Gasteiger partial charge on any atom is -0.481 e. The zero-order valence-electron chi connectivity index (χ0n) is 23.6. The van der Waals surface area contributed by atoms with E-state index in [1.54, 1.807) is 13.8 Å². The predicted molar refractivity (Wildman–Crippen MR) is 138 cm³/mol. The number of hydrogen-bond donors (Lipinski definition) is 3. The first-order chi connectivity index (χ1) is 17.4. The van der Waals surface area contributed by atoms with Crippen LogP contribution in [-0.4, -0.2) is 56.6 Å². The summed E-state index contributed by atoms with van der Waals surface area (Å²) < 4.78 is 0. The lowest BCUT2D eigenvalue weighted by molar-refractivity contribution is -0.158. The van der Waals surface area contributed by atoms with Crippen LogP contribution in [0, 0.1) is 45.3 Å². The summed E-state index contributed by atoms with van der Waals surface area (Å²) in [5.74, 6) is -3.91. The van der Waals surface area contributed by atoms with Crippen LogP contribution < -0.4 is 0 Å². The van der Waals surface area contributed by atoms with Crippen LogP contribution in [0.15, 0.2) is 11.1 Å². The molecule has 0 unspecified atom stereocenters. The minimum absolute atomic E-state index is 0.0344. The van der Waals surface area contributed by atoms with Crippen LogP contribution in [-0.2, 0) is 24.0 Å². The number of aliphatic carboxylic acids is 1. The molecule has 0 aromatic heterocycles. The standard InChI is InChI=1S/C30H42O8/c1-14(10-16(31)11-15(2)26(37)38)17-12-21(34)30(7)22-18(32)13-19-27(3,4)20(33)8-9-28(19,5)23(22)24(35)25(36)29(17,30)6/h14-15,17-19,25,32,36H,8-13H2,1-7H3,(H,37,38)/t14-,15+,17-,18+,19-,25-,28+,29+,30+/m1/s1. The largest absolute Gasteiger partial charge is 0.481 e. The number of Topliss-reactive ketones (excluding diaryl/α,β-unsaturated/α-hetero) is 4. The van der Waals surface area contributed by atoms with Crippen LogP contribution in [0.25, 0.3) is 0 Å². The lowest BCUT2D eigenvalue weighted by atomic mass is 9.42. The number of carboxylic acids is 1. The molecule has 0 radical (unpaired) electrons. The van der Waals surface area contributed by atoms with Crippen molar-refractivity contribution in [1.82, 2.24) is 0 Å². The number of aliphatic hydroxyl groups is 2. The summed E-state index contributed by atoms with van der Waals surface area (Å²) in [5, 5.41) is 32.5. The fourth-order valence-electron chi connectivity index (χ4n) is 8.95. The maximum absolute atomic E-state index is 14.1. The van der Waals surface area contributed by atoms with Crippen molar-refractivity contribution >= 4 is 29.1 Å². The molecular weight excluding hydrogens is 488 g/mol. The maximum Gasteiger partial charge on any atom is 0.306 e. The summed E-state index contributed by atoms with van der Waals surface area (Å²) in [6, 6.07) is 0. The molecule has 4 aliphatic carbocycles. The van der Waals surface area contributed by atoms with Gasteiger partial charge in [-0.1, -0.05) is 41.5 Å². The van der Waals surface area contributed by atoms with Gasteiger partial charge in [0.15, 0.2) is 5.78 Å². The highest BCUT2D eigenvalue weighted by atomic mass is 16.4. The average molecular weight is 531 g/mol. The van der Waals surface area contributed by atoms with Gasteiger partial charge in [0, 0.05) is 47.5 Å². The zero-order chi connectivity index (χ0) is 28.7. The molecule has 0 bridgehead atoms. The van der Waals surface area contributed by atoms with E-state index in [4.69, 9.17) is 0 Å². The summed E-state index contributed by atoms with van der Waals surface area (Å²) >= 11 is 0. The highest BCUT2D eigenvalue weighted by Gasteiger charge is 2.73. The highest BCUT2D eigenvalue weighted by molar-refractivity contribution is 6.08. The molecule has 0 saturated heterocycles. The topological polar surface area (TPSA) is 146 Å². The van der Waals surface area contributed by atoms with Crippen molar-refractivity contribution in [2.75, 3.05) is 0 Å². The van der Waals surface area contributed by atoms with E-state index >= 15 is 0 Å². The lowest BCUT2D eigenvalue weighted by Crippen LogP contribution is -2.64. The Kier molecular flexibility index (Phi) is 6.76. The molecule has 0 amide bonds. The smallest absolute Gasteiger partial charge is 0.306 e. The Hall–Kier alpha value is -2.19. The Morgan fingerprint density at radius 3 is 2.16 bits per heavy atom. The van der Waals surface area contributed by atoms with Crippen molar-refractivity contribution in [3.63, 3.8) is 0 Å². The Labute approximate surface area is 224 Å². The van der Waals surface area contributed by atoms with E-state index < -0.39 is 57.5 Å². The molecule has 2 saturated carbocycles. The van der Waals surface area contributed by atoms with E-state index in [0.29, 0.717) is 17.6 Å². The van der Waals surface area contributed by atoms with Crippen molar-refractivity contribution in [3.05, 3.63) is 11.1 Å². The fraction of sp³-hybridized carbons (Fsp3) is 0.767. The molecule has 3 N–H and O–H groups in total. The van der Waals surface area contributed by atoms with E-state index in [1.807, 2.05) is 27.7 Å². The molecule has 38 heavy (non-hydrogen) atoms. The van der Waals surface area contributed by atoms with Crippen LogP contribution in [0.1, 0.15) is 87.0 Å². The third-order valence-electron chi connectivity index (χ3n) is 11.5. The first-order valence-corrected chi connectivity index (χ1v) is 13.8. The number of ketones is 4. The zero-order valence-corrected chi connectivity index (χ0v) is 23.6. The lowest BCUT2D eigenvalue weighted by Gasteiger charge is -2.61. The van der Waals surface area contributed by atoms with E-state index in [2.05, 4.69) is 0 Å². The van der Waals surface area contributed by atoms with Gasteiger partial charge in [0.25, 0.3) is 0 Å². The second-order valence-corrected chi connectivity index (χ2v) is 13.7. The second kappa shape index (κ2) is 8.91. The SMILES string of the molecule is C[C@H](CC(=O)C[C@H](C)C(=O)O)[C@H]1CC(=O)[C@@]2(C)C3=C(C(=O)[C@@H](O)[C@]12C)[C@@]1(C)CCC(=O)C(C)(C)[C@H]1C[C@@H]3O. The summed E-state index contributed by atoms with van der Waals surface area (Å²) in [5.41, 5.74) is -3.37.